The first kappa shape index (κ1) is 12.2. The first-order chi connectivity index (χ1) is 8.71. The van der Waals surface area contributed by atoms with Gasteiger partial charge in [0.25, 0.3) is 0 Å². The van der Waals surface area contributed by atoms with E-state index < -0.39 is 0 Å². The summed E-state index contributed by atoms with van der Waals surface area (Å²) in [5.74, 6) is 0.375. The fraction of sp³-hybridized carbons (Fsp3) is 0.923. The molecular weight excluding hydrogens is 228 g/mol. The molecule has 18 heavy (non-hydrogen) atoms. The summed E-state index contributed by atoms with van der Waals surface area (Å²) in [6, 6.07) is 1.54. The third-order valence-electron chi connectivity index (χ3n) is 4.69. The molecule has 0 aromatic rings. The molecule has 0 bridgehead atoms. The van der Waals surface area contributed by atoms with E-state index in [-0.39, 0.29) is 5.41 Å². The minimum absolute atomic E-state index is 0.281. The van der Waals surface area contributed by atoms with Crippen molar-refractivity contribution in [2.24, 2.45) is 16.3 Å². The van der Waals surface area contributed by atoms with Gasteiger partial charge in [-0.15, -0.1) is 0 Å². The van der Waals surface area contributed by atoms with Gasteiger partial charge in [0.1, 0.15) is 5.84 Å². The van der Waals surface area contributed by atoms with E-state index >= 15 is 0 Å². The number of likely N-dealkylation sites (tertiary alicyclic amines) is 1. The molecule has 4 N–H and O–H groups in total. The van der Waals surface area contributed by atoms with Gasteiger partial charge in [0, 0.05) is 38.1 Å². The highest BCUT2D eigenvalue weighted by atomic mass is 16.4. The predicted octanol–water partition coefficient (Wildman–Crippen LogP) is 0.729. The molecule has 2 saturated carbocycles. The summed E-state index contributed by atoms with van der Waals surface area (Å²) in [5, 5.41) is 15.4. The van der Waals surface area contributed by atoms with Crippen LogP contribution in [-0.4, -0.2) is 47.7 Å². The van der Waals surface area contributed by atoms with Crippen molar-refractivity contribution in [1.29, 1.82) is 0 Å². The average Bonchev–Trinajstić information content (AvgIpc) is 3.29. The molecule has 3 fully saturated rings. The lowest BCUT2D eigenvalue weighted by molar-refractivity contribution is 0.308. The van der Waals surface area contributed by atoms with Crippen molar-refractivity contribution in [3.05, 3.63) is 0 Å². The van der Waals surface area contributed by atoms with E-state index in [9.17, 15) is 0 Å². The van der Waals surface area contributed by atoms with Crippen molar-refractivity contribution >= 4 is 5.84 Å². The quantitative estimate of drug-likeness (QED) is 0.282. The van der Waals surface area contributed by atoms with Gasteiger partial charge in [0.05, 0.1) is 0 Å². The summed E-state index contributed by atoms with van der Waals surface area (Å²) in [6.07, 6.45) is 7.22. The van der Waals surface area contributed by atoms with Crippen LogP contribution in [0.25, 0.3) is 0 Å². The van der Waals surface area contributed by atoms with Gasteiger partial charge in [0.2, 0.25) is 0 Å². The van der Waals surface area contributed by atoms with Gasteiger partial charge in [-0.2, -0.15) is 0 Å². The Balaban J connectivity index is 1.41. The fourth-order valence-electron chi connectivity index (χ4n) is 3.10. The normalized spacial score (nSPS) is 31.8. The van der Waals surface area contributed by atoms with E-state index in [0.717, 1.165) is 19.0 Å². The SMILES string of the molecule is NC(CC1(CNC2CCN(C3CC3)C2)CC1)=NO. The zero-order chi connectivity index (χ0) is 12.6. The Kier molecular flexibility index (Phi) is 3.20. The highest BCUT2D eigenvalue weighted by molar-refractivity contribution is 5.80. The molecule has 3 rings (SSSR count). The molecule has 1 aliphatic heterocycles. The van der Waals surface area contributed by atoms with Gasteiger partial charge in [-0.3, -0.25) is 4.90 Å². The van der Waals surface area contributed by atoms with Crippen LogP contribution in [0.3, 0.4) is 0 Å². The van der Waals surface area contributed by atoms with E-state index in [2.05, 4.69) is 15.4 Å². The van der Waals surface area contributed by atoms with Crippen LogP contribution in [0.4, 0.5) is 0 Å². The number of nitrogens with one attached hydrogen (secondary N) is 1. The van der Waals surface area contributed by atoms with E-state index in [0.29, 0.717) is 11.9 Å². The molecule has 1 heterocycles. The first-order valence-electron chi connectivity index (χ1n) is 7.15. The van der Waals surface area contributed by atoms with Crippen LogP contribution in [0.5, 0.6) is 0 Å². The lowest BCUT2D eigenvalue weighted by Crippen LogP contribution is -2.38. The summed E-state index contributed by atoms with van der Waals surface area (Å²) in [5.41, 5.74) is 5.90. The smallest absolute Gasteiger partial charge is 0.139 e. The first-order valence-corrected chi connectivity index (χ1v) is 7.15. The maximum Gasteiger partial charge on any atom is 0.139 e. The summed E-state index contributed by atoms with van der Waals surface area (Å²) < 4.78 is 0. The summed E-state index contributed by atoms with van der Waals surface area (Å²) >= 11 is 0. The third kappa shape index (κ3) is 2.78. The van der Waals surface area contributed by atoms with Crippen molar-refractivity contribution in [2.45, 2.75) is 50.6 Å². The zero-order valence-corrected chi connectivity index (χ0v) is 10.9. The minimum Gasteiger partial charge on any atom is -0.409 e. The number of nitrogens with two attached hydrogens (primary N) is 1. The van der Waals surface area contributed by atoms with Crippen LogP contribution < -0.4 is 11.1 Å². The van der Waals surface area contributed by atoms with Gasteiger partial charge < -0.3 is 16.3 Å². The van der Waals surface area contributed by atoms with Crippen LogP contribution in [0.2, 0.25) is 0 Å². The molecular formula is C13H24N4O. The van der Waals surface area contributed by atoms with E-state index in [4.69, 9.17) is 10.9 Å². The second-order valence-electron chi connectivity index (χ2n) is 6.36. The van der Waals surface area contributed by atoms with Crippen LogP contribution in [0, 0.1) is 5.41 Å². The monoisotopic (exact) mass is 252 g/mol. The average molecular weight is 252 g/mol. The van der Waals surface area contributed by atoms with Crippen molar-refractivity contribution in [3.8, 4) is 0 Å². The van der Waals surface area contributed by atoms with Gasteiger partial charge in [0.15, 0.2) is 0 Å². The van der Waals surface area contributed by atoms with Crippen molar-refractivity contribution in [1.82, 2.24) is 10.2 Å². The molecule has 0 aromatic heterocycles. The zero-order valence-electron chi connectivity index (χ0n) is 10.9. The van der Waals surface area contributed by atoms with Crippen molar-refractivity contribution in [3.63, 3.8) is 0 Å². The standard InChI is InChI=1S/C13H24N4O/c14-12(16-18)7-13(4-5-13)9-15-10-3-6-17(8-10)11-1-2-11/h10-11,15,18H,1-9H2,(H2,14,16). The molecule has 1 atom stereocenters. The molecule has 5 nitrogen and oxygen atoms in total. The Labute approximate surface area is 108 Å². The molecule has 3 aliphatic rings. The van der Waals surface area contributed by atoms with Gasteiger partial charge in [-0.05, 0) is 37.5 Å². The Morgan fingerprint density at radius 3 is 2.78 bits per heavy atom. The van der Waals surface area contributed by atoms with Crippen molar-refractivity contribution < 1.29 is 5.21 Å². The van der Waals surface area contributed by atoms with Crippen molar-refractivity contribution in [2.75, 3.05) is 19.6 Å². The van der Waals surface area contributed by atoms with Crippen LogP contribution in [0.1, 0.15) is 38.5 Å². The molecule has 0 radical (unpaired) electrons. The fourth-order valence-corrected chi connectivity index (χ4v) is 3.10. The summed E-state index contributed by atoms with van der Waals surface area (Å²) in [7, 11) is 0. The third-order valence-corrected chi connectivity index (χ3v) is 4.69. The Bertz CT molecular complexity index is 336. The number of rotatable bonds is 6. The van der Waals surface area contributed by atoms with Crippen LogP contribution in [-0.2, 0) is 0 Å². The van der Waals surface area contributed by atoms with E-state index in [1.807, 2.05) is 0 Å². The Hall–Kier alpha value is -0.810. The summed E-state index contributed by atoms with van der Waals surface area (Å²) in [4.78, 5) is 2.63. The van der Waals surface area contributed by atoms with Gasteiger partial charge >= 0.3 is 0 Å². The number of amidine groups is 1. The molecule has 2 aliphatic carbocycles. The molecule has 0 amide bonds. The molecule has 1 unspecified atom stereocenters. The Morgan fingerprint density at radius 2 is 2.17 bits per heavy atom. The largest absolute Gasteiger partial charge is 0.409 e. The lowest BCUT2D eigenvalue weighted by Gasteiger charge is -2.20. The molecule has 5 heteroatoms. The maximum absolute atomic E-state index is 8.64. The number of oxime groups is 1. The van der Waals surface area contributed by atoms with E-state index in [1.54, 1.807) is 0 Å². The van der Waals surface area contributed by atoms with Gasteiger partial charge in [-0.1, -0.05) is 5.16 Å². The lowest BCUT2D eigenvalue weighted by atomic mass is 10.0. The highest BCUT2D eigenvalue weighted by Crippen LogP contribution is 2.48. The summed E-state index contributed by atoms with van der Waals surface area (Å²) in [6.45, 7) is 3.49. The molecule has 0 aromatic carbocycles. The molecule has 1 saturated heterocycles. The molecule has 102 valence electrons. The van der Waals surface area contributed by atoms with Crippen LogP contribution >= 0.6 is 0 Å². The number of nitrogens with zero attached hydrogens (tertiary/aromatic N) is 2. The van der Waals surface area contributed by atoms with Crippen LogP contribution in [0.15, 0.2) is 5.16 Å². The Morgan fingerprint density at radius 1 is 1.39 bits per heavy atom. The number of hydrogen-bond acceptors (Lipinski definition) is 4. The number of hydrogen-bond donors (Lipinski definition) is 3. The highest BCUT2D eigenvalue weighted by Gasteiger charge is 2.44. The predicted molar refractivity (Wildman–Crippen MR) is 70.7 cm³/mol. The maximum atomic E-state index is 8.64. The van der Waals surface area contributed by atoms with E-state index in [1.165, 1.54) is 45.2 Å². The molecule has 0 spiro atoms. The van der Waals surface area contributed by atoms with Gasteiger partial charge in [-0.25, -0.2) is 0 Å². The topological polar surface area (TPSA) is 73.9 Å². The second-order valence-corrected chi connectivity index (χ2v) is 6.36. The second kappa shape index (κ2) is 4.70. The minimum atomic E-state index is 0.281.